The molecule has 100 valence electrons. The van der Waals surface area contributed by atoms with E-state index in [-0.39, 0.29) is 12.4 Å². The zero-order valence-corrected chi connectivity index (χ0v) is 10.6. The summed E-state index contributed by atoms with van der Waals surface area (Å²) in [6.07, 6.45) is 1.88. The Kier molecular flexibility index (Phi) is 6.98. The van der Waals surface area contributed by atoms with Gasteiger partial charge in [-0.05, 0) is 19.1 Å². The molecular weight excluding hydrogens is 232 g/mol. The van der Waals surface area contributed by atoms with Gasteiger partial charge in [-0.1, -0.05) is 6.07 Å². The summed E-state index contributed by atoms with van der Waals surface area (Å²) in [7, 11) is 0. The standard InChI is InChI=1S/C13H20N2O3/c1-2-18-13(17)9-12(16)10-14-8-6-11-5-3-4-7-15-11/h3-5,7,12,14,16H,2,6,8-10H2,1H3. The molecule has 1 unspecified atom stereocenters. The molecule has 5 nitrogen and oxygen atoms in total. The number of aliphatic hydroxyl groups excluding tert-OH is 1. The van der Waals surface area contributed by atoms with Crippen molar-refractivity contribution < 1.29 is 14.6 Å². The summed E-state index contributed by atoms with van der Waals surface area (Å²) in [6, 6.07) is 5.77. The number of carbonyl (C=O) groups is 1. The first-order valence-electron chi connectivity index (χ1n) is 6.16. The van der Waals surface area contributed by atoms with Gasteiger partial charge in [-0.25, -0.2) is 0 Å². The van der Waals surface area contributed by atoms with Crippen LogP contribution in [-0.2, 0) is 16.0 Å². The van der Waals surface area contributed by atoms with Crippen molar-refractivity contribution >= 4 is 5.97 Å². The zero-order chi connectivity index (χ0) is 13.2. The van der Waals surface area contributed by atoms with Crippen molar-refractivity contribution in [2.24, 2.45) is 0 Å². The number of esters is 1. The van der Waals surface area contributed by atoms with Crippen LogP contribution in [0.3, 0.4) is 0 Å². The third-order valence-electron chi connectivity index (χ3n) is 2.37. The number of aliphatic hydroxyl groups is 1. The van der Waals surface area contributed by atoms with Gasteiger partial charge in [0.1, 0.15) is 0 Å². The van der Waals surface area contributed by atoms with Gasteiger partial charge in [0.2, 0.25) is 0 Å². The molecule has 18 heavy (non-hydrogen) atoms. The molecule has 0 aliphatic carbocycles. The topological polar surface area (TPSA) is 71.5 Å². The van der Waals surface area contributed by atoms with Gasteiger partial charge in [-0.2, -0.15) is 0 Å². The Morgan fingerprint density at radius 2 is 2.39 bits per heavy atom. The largest absolute Gasteiger partial charge is 0.466 e. The number of rotatable bonds is 8. The summed E-state index contributed by atoms with van der Waals surface area (Å²) in [5, 5.41) is 12.6. The summed E-state index contributed by atoms with van der Waals surface area (Å²) in [5.41, 5.74) is 1.00. The fourth-order valence-electron chi connectivity index (χ4n) is 1.52. The van der Waals surface area contributed by atoms with E-state index in [2.05, 4.69) is 10.3 Å². The Bertz CT molecular complexity index is 343. The zero-order valence-electron chi connectivity index (χ0n) is 10.6. The summed E-state index contributed by atoms with van der Waals surface area (Å²) < 4.78 is 4.75. The molecule has 1 heterocycles. The smallest absolute Gasteiger partial charge is 0.308 e. The summed E-state index contributed by atoms with van der Waals surface area (Å²) in [4.78, 5) is 15.3. The van der Waals surface area contributed by atoms with Gasteiger partial charge < -0.3 is 15.2 Å². The van der Waals surface area contributed by atoms with E-state index in [1.807, 2.05) is 18.2 Å². The number of aromatic nitrogens is 1. The van der Waals surface area contributed by atoms with Crippen LogP contribution in [0.15, 0.2) is 24.4 Å². The van der Waals surface area contributed by atoms with Crippen LogP contribution < -0.4 is 5.32 Å². The molecule has 0 aromatic carbocycles. The molecule has 0 fully saturated rings. The molecule has 1 atom stereocenters. The fourth-order valence-corrected chi connectivity index (χ4v) is 1.52. The maximum Gasteiger partial charge on any atom is 0.308 e. The molecule has 0 saturated heterocycles. The molecule has 0 bridgehead atoms. The number of nitrogens with one attached hydrogen (secondary N) is 1. The van der Waals surface area contributed by atoms with Gasteiger partial charge in [0.25, 0.3) is 0 Å². The van der Waals surface area contributed by atoms with E-state index in [1.54, 1.807) is 13.1 Å². The molecule has 1 aromatic rings. The average molecular weight is 252 g/mol. The predicted molar refractivity (Wildman–Crippen MR) is 68.1 cm³/mol. The SMILES string of the molecule is CCOC(=O)CC(O)CNCCc1ccccn1. The molecule has 0 aliphatic rings. The van der Waals surface area contributed by atoms with Crippen LogP contribution in [0.5, 0.6) is 0 Å². The predicted octanol–water partition coefficient (Wildman–Crippen LogP) is 0.528. The average Bonchev–Trinajstić information content (AvgIpc) is 2.36. The van der Waals surface area contributed by atoms with Crippen LogP contribution in [0.1, 0.15) is 19.0 Å². The maximum atomic E-state index is 11.1. The minimum atomic E-state index is -0.701. The first kappa shape index (κ1) is 14.6. The third-order valence-corrected chi connectivity index (χ3v) is 2.37. The van der Waals surface area contributed by atoms with Gasteiger partial charge >= 0.3 is 5.97 Å². The number of carbonyl (C=O) groups excluding carboxylic acids is 1. The van der Waals surface area contributed by atoms with Gasteiger partial charge in [-0.15, -0.1) is 0 Å². The summed E-state index contributed by atoms with van der Waals surface area (Å²) >= 11 is 0. The minimum absolute atomic E-state index is 0.0322. The van der Waals surface area contributed by atoms with Crippen LogP contribution in [0.4, 0.5) is 0 Å². The molecule has 0 radical (unpaired) electrons. The normalized spacial score (nSPS) is 12.1. The van der Waals surface area contributed by atoms with Crippen molar-refractivity contribution in [2.75, 3.05) is 19.7 Å². The second-order valence-corrected chi connectivity index (χ2v) is 3.94. The van der Waals surface area contributed by atoms with Crippen molar-refractivity contribution in [3.05, 3.63) is 30.1 Å². The first-order chi connectivity index (χ1) is 8.72. The highest BCUT2D eigenvalue weighted by atomic mass is 16.5. The maximum absolute atomic E-state index is 11.1. The van der Waals surface area contributed by atoms with E-state index in [9.17, 15) is 9.90 Å². The highest BCUT2D eigenvalue weighted by Gasteiger charge is 2.10. The second-order valence-electron chi connectivity index (χ2n) is 3.94. The fraction of sp³-hybridized carbons (Fsp3) is 0.538. The van der Waals surface area contributed by atoms with Crippen molar-refractivity contribution in [3.63, 3.8) is 0 Å². The minimum Gasteiger partial charge on any atom is -0.466 e. The van der Waals surface area contributed by atoms with E-state index in [0.29, 0.717) is 13.2 Å². The lowest BCUT2D eigenvalue weighted by Gasteiger charge is -2.10. The van der Waals surface area contributed by atoms with Crippen LogP contribution in [-0.4, -0.2) is 41.9 Å². The van der Waals surface area contributed by atoms with E-state index in [1.165, 1.54) is 0 Å². The number of pyridine rings is 1. The number of ether oxygens (including phenoxy) is 1. The quantitative estimate of drug-likeness (QED) is 0.521. The van der Waals surface area contributed by atoms with E-state index < -0.39 is 6.10 Å². The molecule has 5 heteroatoms. The molecule has 0 spiro atoms. The van der Waals surface area contributed by atoms with Crippen LogP contribution in [0.25, 0.3) is 0 Å². The second kappa shape index (κ2) is 8.60. The monoisotopic (exact) mass is 252 g/mol. The van der Waals surface area contributed by atoms with Crippen LogP contribution in [0.2, 0.25) is 0 Å². The van der Waals surface area contributed by atoms with Gasteiger partial charge in [0, 0.05) is 31.4 Å². The Labute approximate surface area is 107 Å². The highest BCUT2D eigenvalue weighted by molar-refractivity contribution is 5.69. The van der Waals surface area contributed by atoms with Gasteiger partial charge in [0.05, 0.1) is 19.1 Å². The van der Waals surface area contributed by atoms with E-state index >= 15 is 0 Å². The Hall–Kier alpha value is -1.46. The molecule has 0 saturated carbocycles. The van der Waals surface area contributed by atoms with Crippen molar-refractivity contribution in [2.45, 2.75) is 25.9 Å². The lowest BCUT2D eigenvalue weighted by atomic mass is 10.2. The van der Waals surface area contributed by atoms with Gasteiger partial charge in [-0.3, -0.25) is 9.78 Å². The van der Waals surface area contributed by atoms with Crippen molar-refractivity contribution in [1.82, 2.24) is 10.3 Å². The first-order valence-corrected chi connectivity index (χ1v) is 6.16. The molecule has 0 aliphatic heterocycles. The van der Waals surface area contributed by atoms with Crippen molar-refractivity contribution in [1.29, 1.82) is 0 Å². The molecule has 1 rings (SSSR count). The van der Waals surface area contributed by atoms with E-state index in [4.69, 9.17) is 4.74 Å². The Morgan fingerprint density at radius 1 is 1.56 bits per heavy atom. The summed E-state index contributed by atoms with van der Waals surface area (Å²) in [6.45, 7) is 3.19. The molecule has 2 N–H and O–H groups in total. The van der Waals surface area contributed by atoms with E-state index in [0.717, 1.165) is 18.7 Å². The molecule has 1 aromatic heterocycles. The summed E-state index contributed by atoms with van der Waals surface area (Å²) in [5.74, 6) is -0.364. The molecular formula is C13H20N2O3. The highest BCUT2D eigenvalue weighted by Crippen LogP contribution is 1.95. The lowest BCUT2D eigenvalue weighted by molar-refractivity contribution is -0.145. The third kappa shape index (κ3) is 6.32. The lowest BCUT2D eigenvalue weighted by Crippen LogP contribution is -2.30. The van der Waals surface area contributed by atoms with Gasteiger partial charge in [0.15, 0.2) is 0 Å². The van der Waals surface area contributed by atoms with Crippen LogP contribution in [0, 0.1) is 0 Å². The Balaban J connectivity index is 2.09. The number of hydrogen-bond donors (Lipinski definition) is 2. The van der Waals surface area contributed by atoms with Crippen LogP contribution >= 0.6 is 0 Å². The molecule has 0 amide bonds. The number of hydrogen-bond acceptors (Lipinski definition) is 5. The Morgan fingerprint density at radius 3 is 3.06 bits per heavy atom. The van der Waals surface area contributed by atoms with Crippen molar-refractivity contribution in [3.8, 4) is 0 Å². The number of nitrogens with zero attached hydrogens (tertiary/aromatic N) is 1.